The number of benzene rings is 10. The van der Waals surface area contributed by atoms with Crippen LogP contribution in [0.15, 0.2) is 266 Å². The summed E-state index contributed by atoms with van der Waals surface area (Å²) in [6, 6.07) is 80.3. The molecule has 0 fully saturated rings. The number of hydrogen-bond acceptors (Lipinski definition) is 2. The highest BCUT2D eigenvalue weighted by molar-refractivity contribution is 6.22. The number of allylic oxidation sites excluding steroid dienone is 9. The number of rotatable bonds is 8. The highest BCUT2D eigenvalue weighted by Crippen LogP contribution is 2.61. The van der Waals surface area contributed by atoms with Crippen LogP contribution in [0.3, 0.4) is 0 Å². The molecule has 2 heteroatoms. The lowest BCUT2D eigenvalue weighted by atomic mass is 9.63. The molecule has 0 bridgehead atoms. The molecular formula is C74H54N2. The highest BCUT2D eigenvalue weighted by Gasteiger charge is 2.50. The molecule has 2 nitrogen and oxygen atoms in total. The van der Waals surface area contributed by atoms with Crippen molar-refractivity contribution in [2.24, 2.45) is 0 Å². The van der Waals surface area contributed by atoms with Gasteiger partial charge in [0.05, 0.1) is 27.8 Å². The lowest BCUT2D eigenvalue weighted by Gasteiger charge is -2.38. The fourth-order valence-corrected chi connectivity index (χ4v) is 13.3. The molecule has 2 unspecified atom stereocenters. The Balaban J connectivity index is 1.05. The summed E-state index contributed by atoms with van der Waals surface area (Å²) >= 11 is 0. The van der Waals surface area contributed by atoms with Crippen LogP contribution >= 0.6 is 0 Å². The van der Waals surface area contributed by atoms with Crippen LogP contribution < -0.4 is 0 Å². The lowest BCUT2D eigenvalue weighted by molar-refractivity contribution is 0.736. The molecule has 0 N–H and O–H groups in total. The van der Waals surface area contributed by atoms with Gasteiger partial charge in [-0.25, -0.2) is 9.97 Å². The van der Waals surface area contributed by atoms with Crippen molar-refractivity contribution < 1.29 is 0 Å². The zero-order valence-corrected chi connectivity index (χ0v) is 42.8. The van der Waals surface area contributed by atoms with E-state index in [4.69, 9.17) is 16.5 Å². The Morgan fingerprint density at radius 3 is 1.71 bits per heavy atom. The van der Waals surface area contributed by atoms with E-state index in [0.717, 1.165) is 57.5 Å². The maximum absolute atomic E-state index is 5.46. The normalized spacial score (nSPS) is 17.3. The first-order valence-corrected chi connectivity index (χ1v) is 26.7. The van der Waals surface area contributed by atoms with Gasteiger partial charge in [0, 0.05) is 17.0 Å². The first kappa shape index (κ1) is 45.4. The second-order valence-corrected chi connectivity index (χ2v) is 20.6. The molecule has 2 atom stereocenters. The molecule has 0 radical (unpaired) electrons. The highest BCUT2D eigenvalue weighted by atomic mass is 14.8. The molecule has 1 heterocycles. The Kier molecular flexibility index (Phi) is 10.9. The van der Waals surface area contributed by atoms with Crippen LogP contribution in [0, 0.1) is 6.92 Å². The van der Waals surface area contributed by atoms with E-state index in [0.29, 0.717) is 0 Å². The van der Waals surface area contributed by atoms with Crippen LogP contribution in [0.1, 0.15) is 70.2 Å². The minimum atomic E-state index is -0.722. The molecular weight excluding hydrogens is 917 g/mol. The summed E-state index contributed by atoms with van der Waals surface area (Å²) in [5.74, 6) is 0.0719. The van der Waals surface area contributed by atoms with Crippen LogP contribution in [0.5, 0.6) is 0 Å². The third kappa shape index (κ3) is 6.94. The van der Waals surface area contributed by atoms with Crippen molar-refractivity contribution in [1.82, 2.24) is 9.97 Å². The number of aryl methyl sites for hydroxylation is 1. The van der Waals surface area contributed by atoms with Crippen LogP contribution in [0.4, 0.5) is 0 Å². The molecule has 76 heavy (non-hydrogen) atoms. The van der Waals surface area contributed by atoms with Gasteiger partial charge >= 0.3 is 0 Å². The summed E-state index contributed by atoms with van der Waals surface area (Å²) in [4.78, 5) is 10.8. The van der Waals surface area contributed by atoms with Crippen molar-refractivity contribution >= 4 is 43.7 Å². The molecule has 0 aliphatic heterocycles. The molecule has 3 aliphatic rings. The van der Waals surface area contributed by atoms with E-state index in [1.54, 1.807) is 0 Å². The van der Waals surface area contributed by atoms with Gasteiger partial charge < -0.3 is 0 Å². The van der Waals surface area contributed by atoms with E-state index >= 15 is 0 Å². The van der Waals surface area contributed by atoms with E-state index in [1.165, 1.54) is 99.5 Å². The van der Waals surface area contributed by atoms with Gasteiger partial charge in [-0.1, -0.05) is 243 Å². The van der Waals surface area contributed by atoms with Crippen LogP contribution in [-0.2, 0) is 5.41 Å². The monoisotopic (exact) mass is 970 g/mol. The van der Waals surface area contributed by atoms with Gasteiger partial charge in [-0.15, -0.1) is 0 Å². The molecule has 3 aliphatic carbocycles. The van der Waals surface area contributed by atoms with Crippen LogP contribution in [0.2, 0.25) is 0 Å². The van der Waals surface area contributed by atoms with Gasteiger partial charge in [-0.3, -0.25) is 0 Å². The van der Waals surface area contributed by atoms with Gasteiger partial charge in [0.25, 0.3) is 0 Å². The topological polar surface area (TPSA) is 25.8 Å². The third-order valence-electron chi connectivity index (χ3n) is 16.6. The first-order valence-electron chi connectivity index (χ1n) is 26.7. The quantitative estimate of drug-likeness (QED) is 0.142. The predicted octanol–water partition coefficient (Wildman–Crippen LogP) is 19.0. The first-order chi connectivity index (χ1) is 37.5. The lowest BCUT2D eigenvalue weighted by Crippen LogP contribution is -2.31. The van der Waals surface area contributed by atoms with E-state index < -0.39 is 5.41 Å². The van der Waals surface area contributed by atoms with Crippen LogP contribution in [-0.4, -0.2) is 9.97 Å². The van der Waals surface area contributed by atoms with Crippen molar-refractivity contribution in [2.45, 2.75) is 38.0 Å². The van der Waals surface area contributed by atoms with Gasteiger partial charge in [0.1, 0.15) is 0 Å². The predicted molar refractivity (Wildman–Crippen MR) is 319 cm³/mol. The minimum absolute atomic E-state index is 0.0719. The standard InChI is InChI=1S/C74H54N2/c1-4-5-29-53-48(3)74(64-39-22-12-24-47(64)2,65-40-23-21-32-56(53)65)66-45-51(41-43-63(66)71-57-33-15-13-30-54(57)55-31-14-16-34-58(55)71)69-59-35-17-19-37-61(59)70(62-38-20-18-36-60(62)69)52-42-44-67-68(46-52)76-73(50-27-10-7-11-28-50)72(75-67)49-25-8-6-9-26-49/h4-15,17-33,35-46,71H,3,16,34H2,1-2H3/b5-4-,53-29+. The van der Waals surface area contributed by atoms with Gasteiger partial charge in [-0.05, 0) is 150 Å². The summed E-state index contributed by atoms with van der Waals surface area (Å²) in [6.45, 7) is 9.60. The maximum atomic E-state index is 5.46. The van der Waals surface area contributed by atoms with Gasteiger partial charge in [0.15, 0.2) is 0 Å². The van der Waals surface area contributed by atoms with Crippen molar-refractivity contribution in [2.75, 3.05) is 0 Å². The number of aromatic nitrogens is 2. The molecule has 0 saturated heterocycles. The molecule has 10 aromatic carbocycles. The molecule has 11 aromatic rings. The summed E-state index contributed by atoms with van der Waals surface area (Å²) in [5.41, 5.74) is 25.0. The maximum Gasteiger partial charge on any atom is 0.0973 e. The largest absolute Gasteiger partial charge is 0.244 e. The summed E-state index contributed by atoms with van der Waals surface area (Å²) in [7, 11) is 0. The Hall–Kier alpha value is -9.24. The second kappa shape index (κ2) is 18.3. The summed E-state index contributed by atoms with van der Waals surface area (Å²) < 4.78 is 0. The van der Waals surface area contributed by atoms with Crippen molar-refractivity contribution in [3.8, 4) is 44.8 Å². The Morgan fingerprint density at radius 2 is 1.05 bits per heavy atom. The van der Waals surface area contributed by atoms with E-state index in [2.05, 4.69) is 257 Å². The Morgan fingerprint density at radius 1 is 0.500 bits per heavy atom. The number of hydrogen-bond donors (Lipinski definition) is 0. The molecule has 14 rings (SSSR count). The second-order valence-electron chi connectivity index (χ2n) is 20.6. The number of nitrogens with zero attached hydrogens (tertiary/aromatic N) is 2. The Labute approximate surface area is 445 Å². The Bertz CT molecular complexity index is 4260. The minimum Gasteiger partial charge on any atom is -0.244 e. The molecule has 0 saturated carbocycles. The molecule has 0 amide bonds. The summed E-state index contributed by atoms with van der Waals surface area (Å²) in [5, 5.41) is 4.77. The SMILES string of the molecule is C=C1/C(=C\C=C/C)c2ccccc2C1(c1ccccc1C)c1cc(-c2c3ccccc3c(-c3ccc4nc(-c5ccccc5)c(-c5ccccc5)nc4c3)c3ccccc23)ccc1C1C2=C(C=CCC2)c2ccccc21. The van der Waals surface area contributed by atoms with E-state index in [-0.39, 0.29) is 5.92 Å². The van der Waals surface area contributed by atoms with Gasteiger partial charge in [0.2, 0.25) is 0 Å². The van der Waals surface area contributed by atoms with E-state index in [1.807, 2.05) is 6.07 Å². The van der Waals surface area contributed by atoms with Crippen molar-refractivity contribution in [3.63, 3.8) is 0 Å². The molecule has 0 spiro atoms. The fraction of sp³-hybridized carbons (Fsp3) is 0.0811. The molecule has 1 aromatic heterocycles. The smallest absolute Gasteiger partial charge is 0.0973 e. The number of fused-ring (bicyclic) bond motifs is 6. The third-order valence-corrected chi connectivity index (χ3v) is 16.6. The fourth-order valence-electron chi connectivity index (χ4n) is 13.3. The van der Waals surface area contributed by atoms with Crippen molar-refractivity contribution in [1.29, 1.82) is 0 Å². The zero-order valence-electron chi connectivity index (χ0n) is 42.8. The summed E-state index contributed by atoms with van der Waals surface area (Å²) in [6.07, 6.45) is 13.4. The van der Waals surface area contributed by atoms with Gasteiger partial charge in [-0.2, -0.15) is 0 Å². The zero-order chi connectivity index (χ0) is 50.9. The average Bonchev–Trinajstić information content (AvgIpc) is 4.08. The van der Waals surface area contributed by atoms with Crippen LogP contribution in [0.25, 0.3) is 88.5 Å². The average molecular weight is 971 g/mol. The molecule has 360 valence electrons. The van der Waals surface area contributed by atoms with E-state index in [9.17, 15) is 0 Å². The van der Waals surface area contributed by atoms with Crippen molar-refractivity contribution in [3.05, 3.63) is 311 Å².